The van der Waals surface area contributed by atoms with Gasteiger partial charge < -0.3 is 0 Å². The number of hydrogen-bond acceptors (Lipinski definition) is 1. The van der Waals surface area contributed by atoms with Gasteiger partial charge in [0.05, 0.1) is 0 Å². The highest BCUT2D eigenvalue weighted by molar-refractivity contribution is 6.74. The van der Waals surface area contributed by atoms with Gasteiger partial charge in [-0.2, -0.15) is 0 Å². The highest BCUT2D eigenvalue weighted by Gasteiger charge is 2.31. The number of rotatable bonds is 2. The summed E-state index contributed by atoms with van der Waals surface area (Å²) in [5, 5.41) is 11.7. The maximum Gasteiger partial charge on any atom is 0.194 e. The van der Waals surface area contributed by atoms with Crippen molar-refractivity contribution in [2.24, 2.45) is 0 Å². The zero-order valence-electron chi connectivity index (χ0n) is 28.1. The van der Waals surface area contributed by atoms with E-state index < -0.39 is 0 Å². The maximum atomic E-state index is 14.6. The van der Waals surface area contributed by atoms with Gasteiger partial charge in [0, 0.05) is 21.7 Å². The molecule has 0 radical (unpaired) electrons. The van der Waals surface area contributed by atoms with E-state index in [1.54, 1.807) is 0 Å². The fourth-order valence-corrected chi connectivity index (χ4v) is 9.65. The number of ketones is 1. The molecule has 0 atom stereocenters. The van der Waals surface area contributed by atoms with E-state index in [0.29, 0.717) is 0 Å². The van der Waals surface area contributed by atoms with Crippen LogP contribution in [0.1, 0.15) is 38.2 Å². The Morgan fingerprint density at radius 2 is 0.920 bits per heavy atom. The Kier molecular flexibility index (Phi) is 6.18. The highest BCUT2D eigenvalue weighted by Crippen LogP contribution is 2.53. The SMILES string of the molecule is Cc1cccc(C)c1-c1cc2c3c(cc4c(-c5c(C)cccc5C)cc5c6ccccc6c(=C(Cl)Cl)c6cc1c3c4c65)C(=O)c1ccccc1-2. The van der Waals surface area contributed by atoms with Gasteiger partial charge in [-0.1, -0.05) is 108 Å². The molecule has 0 unspecified atom stereocenters. The number of carbonyl (C=O) groups is 1. The molecule has 0 aromatic heterocycles. The summed E-state index contributed by atoms with van der Waals surface area (Å²) in [6.07, 6.45) is 0. The molecule has 3 heteroatoms. The van der Waals surface area contributed by atoms with E-state index in [1.807, 2.05) is 18.2 Å². The van der Waals surface area contributed by atoms with Gasteiger partial charge in [-0.05, 0) is 156 Å². The fourth-order valence-electron chi connectivity index (χ4n) is 9.25. The Morgan fingerprint density at radius 1 is 0.400 bits per heavy atom. The monoisotopic (exact) mass is 680 g/mol. The van der Waals surface area contributed by atoms with E-state index in [1.165, 1.54) is 33.4 Å². The number of halogens is 2. The molecule has 9 aromatic carbocycles. The third-order valence-electron chi connectivity index (χ3n) is 11.3. The second-order valence-corrected chi connectivity index (χ2v) is 14.9. The number of fused-ring (bicyclic) bond motifs is 4. The second kappa shape index (κ2) is 10.4. The van der Waals surface area contributed by atoms with Crippen molar-refractivity contribution < 1.29 is 4.79 Å². The van der Waals surface area contributed by atoms with Gasteiger partial charge in [-0.15, -0.1) is 0 Å². The van der Waals surface area contributed by atoms with Gasteiger partial charge in [0.2, 0.25) is 0 Å². The number of benzene rings is 9. The van der Waals surface area contributed by atoms with Crippen molar-refractivity contribution in [2.45, 2.75) is 27.7 Å². The molecule has 0 spiro atoms. The standard InChI is InChI=1S/C47H30Cl2O/c1-23-11-9-12-24(2)39(23)33-20-32-28-16-6-8-18-30(28)46(50)38-22-36-34(40-25(3)13-10-14-26(40)4)19-31-27-15-5-7-17-29(27)43(47(48)49)37-21-35(33)45(42(32)38)44(36)41(31)37/h5-22H,1-4H3. The molecular weight excluding hydrogens is 651 g/mol. The quantitative estimate of drug-likeness (QED) is 0.131. The molecule has 0 heterocycles. The molecule has 1 aliphatic rings. The Labute approximate surface area is 299 Å². The number of aryl methyl sites for hydroxylation is 4. The third-order valence-corrected chi connectivity index (χ3v) is 11.6. The predicted octanol–water partition coefficient (Wildman–Crippen LogP) is 12.9. The maximum absolute atomic E-state index is 14.6. The molecule has 238 valence electrons. The predicted molar refractivity (Wildman–Crippen MR) is 214 cm³/mol. The van der Waals surface area contributed by atoms with Crippen LogP contribution in [0.25, 0.3) is 91.7 Å². The Hall–Kier alpha value is -5.21. The van der Waals surface area contributed by atoms with Crippen LogP contribution in [-0.4, -0.2) is 5.78 Å². The minimum absolute atomic E-state index is 0.0652. The Bertz CT molecular complexity index is 3010. The van der Waals surface area contributed by atoms with Crippen molar-refractivity contribution in [3.05, 3.63) is 148 Å². The van der Waals surface area contributed by atoms with Crippen LogP contribution >= 0.6 is 23.2 Å². The minimum Gasteiger partial charge on any atom is -0.289 e. The van der Waals surface area contributed by atoms with Crippen molar-refractivity contribution in [1.29, 1.82) is 0 Å². The molecule has 0 fully saturated rings. The average Bonchev–Trinajstić information content (AvgIpc) is 3.10. The molecule has 0 bridgehead atoms. The Morgan fingerprint density at radius 3 is 1.56 bits per heavy atom. The molecule has 50 heavy (non-hydrogen) atoms. The largest absolute Gasteiger partial charge is 0.289 e. The van der Waals surface area contributed by atoms with Crippen LogP contribution < -0.4 is 5.22 Å². The summed E-state index contributed by atoms with van der Waals surface area (Å²) in [6, 6.07) is 38.7. The van der Waals surface area contributed by atoms with Crippen LogP contribution in [0.15, 0.2) is 109 Å². The van der Waals surface area contributed by atoms with Gasteiger partial charge in [0.15, 0.2) is 5.78 Å². The van der Waals surface area contributed by atoms with E-state index in [-0.39, 0.29) is 10.3 Å². The Balaban J connectivity index is 1.60. The molecule has 0 saturated heterocycles. The summed E-state index contributed by atoms with van der Waals surface area (Å²) in [6.45, 7) is 8.74. The first-order valence-electron chi connectivity index (χ1n) is 17.0. The van der Waals surface area contributed by atoms with Crippen molar-refractivity contribution in [3.63, 3.8) is 0 Å². The van der Waals surface area contributed by atoms with Gasteiger partial charge >= 0.3 is 0 Å². The molecule has 1 nitrogen and oxygen atoms in total. The van der Waals surface area contributed by atoms with E-state index in [2.05, 4.69) is 119 Å². The van der Waals surface area contributed by atoms with Crippen molar-refractivity contribution in [2.75, 3.05) is 0 Å². The summed E-state index contributed by atoms with van der Waals surface area (Å²) in [5.74, 6) is 0.0652. The lowest BCUT2D eigenvalue weighted by Crippen LogP contribution is -2.12. The zero-order chi connectivity index (χ0) is 34.2. The van der Waals surface area contributed by atoms with Crippen molar-refractivity contribution in [3.8, 4) is 33.4 Å². The molecule has 0 N–H and O–H groups in total. The molecule has 0 amide bonds. The minimum atomic E-state index is 0.0652. The highest BCUT2D eigenvalue weighted by atomic mass is 35.5. The number of hydrogen-bond donors (Lipinski definition) is 0. The lowest BCUT2D eigenvalue weighted by atomic mass is 9.74. The first kappa shape index (κ1) is 29.7. The van der Waals surface area contributed by atoms with Crippen molar-refractivity contribution in [1.82, 2.24) is 0 Å². The lowest BCUT2D eigenvalue weighted by molar-refractivity contribution is 0.104. The summed E-state index contributed by atoms with van der Waals surface area (Å²) >= 11 is 13.8. The van der Waals surface area contributed by atoms with E-state index in [4.69, 9.17) is 23.2 Å². The number of carbonyl (C=O) groups excluding carboxylic acids is 1. The van der Waals surface area contributed by atoms with Gasteiger partial charge in [-0.3, -0.25) is 4.79 Å². The molecule has 0 saturated carbocycles. The van der Waals surface area contributed by atoms with Crippen molar-refractivity contribution >= 4 is 87.3 Å². The molecular formula is C47H30Cl2O. The molecule has 0 aliphatic heterocycles. The van der Waals surface area contributed by atoms with Gasteiger partial charge in [-0.25, -0.2) is 0 Å². The lowest BCUT2D eigenvalue weighted by Gasteiger charge is -2.28. The van der Waals surface area contributed by atoms with Gasteiger partial charge in [0.25, 0.3) is 0 Å². The third kappa shape index (κ3) is 3.77. The normalized spacial score (nSPS) is 12.6. The fraction of sp³-hybridized carbons (Fsp3) is 0.0851. The average molecular weight is 682 g/mol. The van der Waals surface area contributed by atoms with Crippen LogP contribution in [0.4, 0.5) is 0 Å². The smallest absolute Gasteiger partial charge is 0.194 e. The van der Waals surface area contributed by atoms with Crippen LogP contribution in [0.5, 0.6) is 0 Å². The zero-order valence-corrected chi connectivity index (χ0v) is 29.6. The van der Waals surface area contributed by atoms with E-state index >= 15 is 0 Å². The van der Waals surface area contributed by atoms with Crippen LogP contribution in [-0.2, 0) is 0 Å². The van der Waals surface area contributed by atoms with E-state index in [9.17, 15) is 4.79 Å². The first-order valence-corrected chi connectivity index (χ1v) is 17.8. The molecule has 9 aromatic rings. The van der Waals surface area contributed by atoms with Crippen LogP contribution in [0, 0.1) is 27.7 Å². The summed E-state index contributed by atoms with van der Waals surface area (Å²) in [4.78, 5) is 14.6. The first-order chi connectivity index (χ1) is 24.2. The van der Waals surface area contributed by atoms with Crippen LogP contribution in [0.3, 0.4) is 0 Å². The summed E-state index contributed by atoms with van der Waals surface area (Å²) < 4.78 is 0.244. The summed E-state index contributed by atoms with van der Waals surface area (Å²) in [7, 11) is 0. The topological polar surface area (TPSA) is 17.1 Å². The van der Waals surface area contributed by atoms with E-state index in [0.717, 1.165) is 92.5 Å². The second-order valence-electron chi connectivity index (χ2n) is 14.0. The van der Waals surface area contributed by atoms with Gasteiger partial charge in [0.1, 0.15) is 4.49 Å². The molecule has 10 rings (SSSR count). The molecule has 1 aliphatic carbocycles. The van der Waals surface area contributed by atoms with Crippen LogP contribution in [0.2, 0.25) is 0 Å². The summed E-state index contributed by atoms with van der Waals surface area (Å²) in [5.41, 5.74) is 13.1.